The number of anilines is 1. The minimum absolute atomic E-state index is 0.287. The highest BCUT2D eigenvalue weighted by Crippen LogP contribution is 2.25. The minimum atomic E-state index is -0.503. The molecule has 1 unspecified atom stereocenters. The second kappa shape index (κ2) is 6.44. The Morgan fingerprint density at radius 1 is 1.05 bits per heavy atom. The van der Waals surface area contributed by atoms with Gasteiger partial charge in [0.25, 0.3) is 0 Å². The highest BCUT2D eigenvalue weighted by Gasteiger charge is 2.23. The molecule has 0 bridgehead atoms. The van der Waals surface area contributed by atoms with E-state index in [0.29, 0.717) is 0 Å². The van der Waals surface area contributed by atoms with E-state index in [0.717, 1.165) is 27.9 Å². The summed E-state index contributed by atoms with van der Waals surface area (Å²) in [5.41, 5.74) is 5.19. The van der Waals surface area contributed by atoms with Gasteiger partial charge >= 0.3 is 5.97 Å². The molecular weight excluding hydrogens is 262 g/mol. The normalized spacial score (nSPS) is 11.8. The number of carbonyl (C=O) groups is 1. The first-order chi connectivity index (χ1) is 10.0. The molecule has 0 aliphatic heterocycles. The third kappa shape index (κ3) is 3.63. The first-order valence-corrected chi connectivity index (χ1v) is 6.99. The third-order valence-electron chi connectivity index (χ3n) is 3.51. The van der Waals surface area contributed by atoms with Crippen molar-refractivity contribution in [2.45, 2.75) is 26.8 Å². The fourth-order valence-electron chi connectivity index (χ4n) is 2.35. The summed E-state index contributed by atoms with van der Waals surface area (Å²) in [6.07, 6.45) is 0. The molecule has 0 saturated heterocycles. The van der Waals surface area contributed by atoms with Crippen LogP contribution in [0.2, 0.25) is 0 Å². The van der Waals surface area contributed by atoms with Crippen LogP contribution in [0.25, 0.3) is 0 Å². The van der Waals surface area contributed by atoms with Crippen molar-refractivity contribution in [3.05, 3.63) is 64.7 Å². The Labute approximate surface area is 126 Å². The van der Waals surface area contributed by atoms with Crippen LogP contribution in [0.1, 0.15) is 28.3 Å². The zero-order valence-electron chi connectivity index (χ0n) is 12.9. The number of nitrogens with one attached hydrogen (secondary N) is 1. The summed E-state index contributed by atoms with van der Waals surface area (Å²) < 4.78 is 4.96. The smallest absolute Gasteiger partial charge is 0.332 e. The molecule has 0 fully saturated rings. The van der Waals surface area contributed by atoms with Crippen molar-refractivity contribution in [3.8, 4) is 0 Å². The van der Waals surface area contributed by atoms with Gasteiger partial charge in [-0.05, 0) is 49.6 Å². The molecule has 21 heavy (non-hydrogen) atoms. The molecule has 1 N–H and O–H groups in total. The number of carbonyl (C=O) groups excluding carboxylic acids is 1. The van der Waals surface area contributed by atoms with Crippen LogP contribution in [0, 0.1) is 20.8 Å². The van der Waals surface area contributed by atoms with Gasteiger partial charge in [0, 0.05) is 5.69 Å². The SMILES string of the molecule is COC(=O)C(Nc1cccc(C)c1)c1cc(C)ccc1C. The Hall–Kier alpha value is -2.29. The van der Waals surface area contributed by atoms with Crippen LogP contribution in [0.4, 0.5) is 5.69 Å². The van der Waals surface area contributed by atoms with E-state index < -0.39 is 6.04 Å². The van der Waals surface area contributed by atoms with Gasteiger partial charge in [-0.15, -0.1) is 0 Å². The maximum Gasteiger partial charge on any atom is 0.332 e. The Kier molecular flexibility index (Phi) is 4.63. The average molecular weight is 283 g/mol. The van der Waals surface area contributed by atoms with E-state index in [-0.39, 0.29) is 5.97 Å². The lowest BCUT2D eigenvalue weighted by molar-refractivity contribution is -0.141. The Bertz CT molecular complexity index is 649. The molecule has 3 heteroatoms. The molecule has 2 aromatic rings. The number of esters is 1. The van der Waals surface area contributed by atoms with Crippen molar-refractivity contribution in [2.24, 2.45) is 0 Å². The summed E-state index contributed by atoms with van der Waals surface area (Å²) in [5, 5.41) is 3.28. The van der Waals surface area contributed by atoms with Crippen molar-refractivity contribution >= 4 is 11.7 Å². The third-order valence-corrected chi connectivity index (χ3v) is 3.51. The molecule has 0 radical (unpaired) electrons. The first-order valence-electron chi connectivity index (χ1n) is 6.99. The zero-order valence-corrected chi connectivity index (χ0v) is 12.9. The Morgan fingerprint density at radius 3 is 2.43 bits per heavy atom. The van der Waals surface area contributed by atoms with Gasteiger partial charge in [0.1, 0.15) is 0 Å². The van der Waals surface area contributed by atoms with E-state index in [4.69, 9.17) is 4.74 Å². The molecule has 0 amide bonds. The van der Waals surface area contributed by atoms with Gasteiger partial charge in [0.2, 0.25) is 0 Å². The predicted octanol–water partition coefficient (Wildman–Crippen LogP) is 3.94. The van der Waals surface area contributed by atoms with Gasteiger partial charge in [-0.25, -0.2) is 4.79 Å². The Morgan fingerprint density at radius 2 is 1.76 bits per heavy atom. The fourth-order valence-corrected chi connectivity index (χ4v) is 2.35. The number of methoxy groups -OCH3 is 1. The van der Waals surface area contributed by atoms with Gasteiger partial charge in [-0.1, -0.05) is 35.9 Å². The number of aryl methyl sites for hydroxylation is 3. The van der Waals surface area contributed by atoms with E-state index in [1.807, 2.05) is 63.2 Å². The van der Waals surface area contributed by atoms with Gasteiger partial charge in [0.05, 0.1) is 7.11 Å². The van der Waals surface area contributed by atoms with Crippen molar-refractivity contribution in [1.29, 1.82) is 0 Å². The molecule has 110 valence electrons. The maximum absolute atomic E-state index is 12.2. The molecule has 0 aliphatic rings. The second-order valence-corrected chi connectivity index (χ2v) is 5.33. The summed E-state index contributed by atoms with van der Waals surface area (Å²) in [4.78, 5) is 12.2. The lowest BCUT2D eigenvalue weighted by Crippen LogP contribution is -2.23. The molecule has 1 atom stereocenters. The molecule has 0 aromatic heterocycles. The van der Waals surface area contributed by atoms with Crippen LogP contribution < -0.4 is 5.32 Å². The van der Waals surface area contributed by atoms with Crippen molar-refractivity contribution < 1.29 is 9.53 Å². The topological polar surface area (TPSA) is 38.3 Å². The number of benzene rings is 2. The van der Waals surface area contributed by atoms with E-state index in [2.05, 4.69) is 5.32 Å². The highest BCUT2D eigenvalue weighted by molar-refractivity contribution is 5.81. The van der Waals surface area contributed by atoms with Crippen LogP contribution in [0.15, 0.2) is 42.5 Å². The number of ether oxygens (including phenoxy) is 1. The average Bonchev–Trinajstić information content (AvgIpc) is 2.47. The minimum Gasteiger partial charge on any atom is -0.467 e. The van der Waals surface area contributed by atoms with Crippen LogP contribution in [0.5, 0.6) is 0 Å². The quantitative estimate of drug-likeness (QED) is 0.864. The van der Waals surface area contributed by atoms with E-state index in [1.165, 1.54) is 7.11 Å². The fraction of sp³-hybridized carbons (Fsp3) is 0.278. The van der Waals surface area contributed by atoms with E-state index >= 15 is 0 Å². The van der Waals surface area contributed by atoms with Crippen LogP contribution in [-0.4, -0.2) is 13.1 Å². The molecule has 0 aliphatic carbocycles. The van der Waals surface area contributed by atoms with E-state index in [1.54, 1.807) is 0 Å². The standard InChI is InChI=1S/C18H21NO2/c1-12-6-5-7-15(10-12)19-17(18(20)21-4)16-11-13(2)8-9-14(16)3/h5-11,17,19H,1-4H3. The summed E-state index contributed by atoms with van der Waals surface area (Å²) in [6.45, 7) is 6.04. The summed E-state index contributed by atoms with van der Waals surface area (Å²) in [6, 6.07) is 13.6. The second-order valence-electron chi connectivity index (χ2n) is 5.33. The molecule has 2 aromatic carbocycles. The van der Waals surface area contributed by atoms with Crippen LogP contribution >= 0.6 is 0 Å². The van der Waals surface area contributed by atoms with Crippen LogP contribution in [0.3, 0.4) is 0 Å². The number of hydrogen-bond acceptors (Lipinski definition) is 3. The zero-order chi connectivity index (χ0) is 15.4. The first kappa shape index (κ1) is 15.1. The summed E-state index contributed by atoms with van der Waals surface area (Å²) >= 11 is 0. The number of hydrogen-bond donors (Lipinski definition) is 1. The van der Waals surface area contributed by atoms with Gasteiger partial charge in [-0.3, -0.25) is 0 Å². The lowest BCUT2D eigenvalue weighted by atomic mass is 9.98. The van der Waals surface area contributed by atoms with Crippen molar-refractivity contribution in [3.63, 3.8) is 0 Å². The summed E-state index contributed by atoms with van der Waals surface area (Å²) in [5.74, 6) is -0.287. The highest BCUT2D eigenvalue weighted by atomic mass is 16.5. The van der Waals surface area contributed by atoms with E-state index in [9.17, 15) is 4.79 Å². The van der Waals surface area contributed by atoms with Crippen LogP contribution in [-0.2, 0) is 9.53 Å². The van der Waals surface area contributed by atoms with Gasteiger partial charge in [0.15, 0.2) is 6.04 Å². The van der Waals surface area contributed by atoms with Crippen molar-refractivity contribution in [2.75, 3.05) is 12.4 Å². The molecule has 2 rings (SSSR count). The molecular formula is C18H21NO2. The maximum atomic E-state index is 12.2. The monoisotopic (exact) mass is 283 g/mol. The molecule has 0 spiro atoms. The molecule has 3 nitrogen and oxygen atoms in total. The van der Waals surface area contributed by atoms with Crippen molar-refractivity contribution in [1.82, 2.24) is 0 Å². The molecule has 0 saturated carbocycles. The summed E-state index contributed by atoms with van der Waals surface area (Å²) in [7, 11) is 1.42. The predicted molar refractivity (Wildman–Crippen MR) is 85.5 cm³/mol. The number of rotatable bonds is 4. The van der Waals surface area contributed by atoms with Gasteiger partial charge < -0.3 is 10.1 Å². The molecule has 0 heterocycles. The largest absolute Gasteiger partial charge is 0.467 e. The lowest BCUT2D eigenvalue weighted by Gasteiger charge is -2.20. The Balaban J connectivity index is 2.39. The van der Waals surface area contributed by atoms with Gasteiger partial charge in [-0.2, -0.15) is 0 Å².